The summed E-state index contributed by atoms with van der Waals surface area (Å²) in [7, 11) is 8.27. The lowest BCUT2D eigenvalue weighted by atomic mass is 10.0. The number of aromatic nitrogens is 15. The minimum Gasteiger partial charge on any atom is -0.493 e. The van der Waals surface area contributed by atoms with Crippen LogP contribution in [0.5, 0.6) is 5.75 Å². The Hall–Kier alpha value is -14.2. The van der Waals surface area contributed by atoms with Gasteiger partial charge in [0.05, 0.1) is 136 Å². The third kappa shape index (κ3) is 23.1. The van der Waals surface area contributed by atoms with Crippen molar-refractivity contribution in [3.63, 3.8) is 0 Å². The molecule has 2 aliphatic carbocycles. The Balaban J connectivity index is 0.000000125. The largest absolute Gasteiger partial charge is 0.493 e. The van der Waals surface area contributed by atoms with Crippen LogP contribution >= 0.6 is 114 Å². The molecule has 145 heavy (non-hydrogen) atoms. The van der Waals surface area contributed by atoms with Crippen LogP contribution in [0.25, 0.3) is 129 Å². The zero-order valence-electron chi connectivity index (χ0n) is 79.4. The number of pyridine rings is 3. The van der Waals surface area contributed by atoms with E-state index in [9.17, 15) is 39.0 Å². The molecular weight excluding hydrogens is 2050 g/mol. The number of nitrogens with one attached hydrogen (secondary N) is 7. The number of amides is 3. The Morgan fingerprint density at radius 3 is 1.16 bits per heavy atom. The third-order valence-corrected chi connectivity index (χ3v) is 31.1. The van der Waals surface area contributed by atoms with Crippen LogP contribution in [0.1, 0.15) is 136 Å². The Kier molecular flexibility index (Phi) is 32.5. The highest BCUT2D eigenvalue weighted by Gasteiger charge is 2.32. The van der Waals surface area contributed by atoms with Gasteiger partial charge in [-0.15, -0.1) is 68.0 Å². The predicted octanol–water partition coefficient (Wildman–Crippen LogP) is 19.1. The number of hydrogen-bond donors (Lipinski definition) is 14. The maximum atomic E-state index is 12.1. The van der Waals surface area contributed by atoms with Crippen molar-refractivity contribution in [2.45, 2.75) is 91.6 Å². The van der Waals surface area contributed by atoms with E-state index in [1.54, 1.807) is 109 Å². The van der Waals surface area contributed by atoms with Gasteiger partial charge in [0.25, 0.3) is 17.7 Å². The SMILES string of the molecule is CC(=O)c1sc2nc(C[C@@H](C)CO)nc(-c3ccc(Cl)c(Cl)c3)c2c1N.CC(=O)c1sc2nc(C[C@H](C)CO)nc(-c3ccc(Cl)c(Cl)c3)c2c1N.CC(=O)c1sc2nc(NC3CC3)nc(-c3ccc4c(c3)OCC4)c2c1N.CNC(=O)c1cc2c(-c3ccncc3)nc(NC)nc2s1.CNC(=O)c1sc2nc(NC)nc(-c3cccnc3)c2c1N.CNC(=O)c1sc2nc(NC3CC3)nc(-c3cccnc3)c2c1N. The molecule has 2 atom stereocenters. The second-order valence-electron chi connectivity index (χ2n) is 33.6. The highest BCUT2D eigenvalue weighted by molar-refractivity contribution is 7.23. The molecule has 0 spiro atoms. The number of nitrogens with two attached hydrogens (primary N) is 5. The van der Waals surface area contributed by atoms with Crippen LogP contribution in [0.3, 0.4) is 0 Å². The molecule has 0 saturated heterocycles. The highest BCUT2D eigenvalue weighted by Crippen LogP contribution is 2.48. The van der Waals surface area contributed by atoms with E-state index in [4.69, 9.17) is 84.8 Å². The van der Waals surface area contributed by atoms with Crippen molar-refractivity contribution in [3.05, 3.63) is 201 Å². The Labute approximate surface area is 873 Å². The number of Topliss-reactive ketones (excluding diaryl/α,β-unsaturated/α-hetero) is 3. The van der Waals surface area contributed by atoms with Gasteiger partial charge in [-0.1, -0.05) is 84.5 Å². The number of carbonyl (C=O) groups excluding carboxylic acids is 6. The first-order valence-corrected chi connectivity index (χ1v) is 51.7. The fraction of sp³-hybridized carbons (Fsp3) is 0.242. The van der Waals surface area contributed by atoms with Crippen LogP contribution in [-0.4, -0.2) is 187 Å². The van der Waals surface area contributed by atoms with E-state index in [2.05, 4.69) is 113 Å². The second kappa shape index (κ2) is 45.4. The summed E-state index contributed by atoms with van der Waals surface area (Å²) in [5.41, 5.74) is 43.5. The van der Waals surface area contributed by atoms with Crippen LogP contribution in [-0.2, 0) is 19.3 Å². The van der Waals surface area contributed by atoms with Crippen molar-refractivity contribution in [3.8, 4) is 73.3 Å². The first-order valence-electron chi connectivity index (χ1n) is 45.2. The minimum absolute atomic E-state index is 0.0127. The van der Waals surface area contributed by atoms with E-state index in [-0.39, 0.29) is 60.1 Å². The van der Waals surface area contributed by atoms with Crippen LogP contribution < -0.4 is 70.6 Å². The predicted molar refractivity (Wildman–Crippen MR) is 584 cm³/mol. The summed E-state index contributed by atoms with van der Waals surface area (Å²) >= 11 is 32.1. The van der Waals surface area contributed by atoms with Crippen molar-refractivity contribution < 1.29 is 43.7 Å². The molecule has 36 nitrogen and oxygen atoms in total. The highest BCUT2D eigenvalue weighted by atomic mass is 35.5. The number of ether oxygens (including phenoxy) is 1. The van der Waals surface area contributed by atoms with Gasteiger partial charge in [0.15, 0.2) is 17.3 Å². The number of carbonyl (C=O) groups is 6. The zero-order chi connectivity index (χ0) is 103. The summed E-state index contributed by atoms with van der Waals surface area (Å²) in [5.74, 6) is 3.38. The Bertz CT molecular complexity index is 7870. The smallest absolute Gasteiger partial charge is 0.263 e. The lowest BCUT2D eigenvalue weighted by Crippen LogP contribution is -2.17. The van der Waals surface area contributed by atoms with Crippen LogP contribution in [0, 0.1) is 11.8 Å². The van der Waals surface area contributed by atoms with Crippen LogP contribution in [0.15, 0.2) is 134 Å². The Morgan fingerprint density at radius 1 is 0.393 bits per heavy atom. The van der Waals surface area contributed by atoms with Gasteiger partial charge in [-0.25, -0.2) is 59.8 Å². The number of halogens is 4. The lowest BCUT2D eigenvalue weighted by Gasteiger charge is -2.10. The molecule has 744 valence electrons. The molecule has 18 aromatic rings. The summed E-state index contributed by atoms with van der Waals surface area (Å²) in [5, 5.41) is 45.0. The average Bonchev–Trinajstić information content (AvgIpc) is 1.50. The molecule has 46 heteroatoms. The zero-order valence-corrected chi connectivity index (χ0v) is 87.3. The second-order valence-corrected chi connectivity index (χ2v) is 41.3. The Morgan fingerprint density at radius 2 is 0.766 bits per heavy atom. The summed E-state index contributed by atoms with van der Waals surface area (Å²) in [6.45, 7) is 9.09. The van der Waals surface area contributed by atoms with Crippen molar-refractivity contribution >= 4 is 263 Å². The molecule has 21 rings (SSSR count). The van der Waals surface area contributed by atoms with Crippen molar-refractivity contribution in [2.75, 3.05) is 105 Å². The van der Waals surface area contributed by atoms with Gasteiger partial charge in [-0.3, -0.25) is 43.7 Å². The monoisotopic (exact) mass is 2140 g/mol. The molecule has 0 unspecified atom stereocenters. The maximum absolute atomic E-state index is 12.1. The lowest BCUT2D eigenvalue weighted by molar-refractivity contribution is 0.0959. The average molecular weight is 2140 g/mol. The maximum Gasteiger partial charge on any atom is 0.263 e. The molecule has 2 saturated carbocycles. The number of rotatable bonds is 24. The quantitative estimate of drug-likeness (QED) is 0.0250. The third-order valence-electron chi connectivity index (χ3n) is 22.8. The fourth-order valence-corrected chi connectivity index (χ4v) is 21.9. The molecular formula is C99H95Cl4N27O9S6. The number of aliphatic hydroxyl groups is 2. The van der Waals surface area contributed by atoms with Gasteiger partial charge in [0, 0.05) is 177 Å². The molecule has 16 heterocycles. The van der Waals surface area contributed by atoms with Crippen LogP contribution in [0.2, 0.25) is 20.1 Å². The molecule has 0 radical (unpaired) electrons. The van der Waals surface area contributed by atoms with E-state index < -0.39 is 0 Å². The number of aliphatic hydroxyl groups excluding tert-OH is 2. The molecule has 3 aliphatic rings. The van der Waals surface area contributed by atoms with E-state index in [1.807, 2.05) is 68.4 Å². The van der Waals surface area contributed by atoms with Gasteiger partial charge in [-0.05, 0) is 116 Å². The topological polar surface area (TPSA) is 560 Å². The summed E-state index contributed by atoms with van der Waals surface area (Å²) < 4.78 is 5.71. The first-order chi connectivity index (χ1) is 69.8. The standard InChI is InChI=1S/C19H18N4O2S.2C18H17Cl2N3O2S.C16H16N6OS.C14H14N6OS.C14H13N5OS/c1-9(24)17-15(20)14-16(11-3-2-10-6-7-25-13(10)8-11)22-19(21-12-4-5-12)23-18(14)26-17;2*1-8(7-24)5-13-22-16(10-3-4-11(19)12(20)6-10)14-15(21)17(9(2)25)26-18(14)23-13;1-18-14(23)13-11(17)10-12(8-3-2-6-19-7-8)21-16(20-9-4-5-9)22-15(10)24-13;1-16-12(21)11-9(15)8-10(7-4-3-5-18-6-7)19-14(17-2)20-13(8)22-11;1-15-12(20)10-7-9-11(8-3-5-17-6-4-8)18-14(16-2)19-13(9)21-10/h2-3,8,12H,4-7,20H2,1H3,(H,21,22,23);2*3-4,6,8,24H,5,7,21H2,1-2H3;2-3,6-7,9H,4-5,17H2,1H3,(H,18,23)(H,20,21,22);3-6H,15H2,1-2H3,(H,16,21)(H,17,19,20);3-7H,1-2H3,(H,15,20)(H,16,18,19)/t;2*8-;;;/m.10.../s1. The molecule has 0 bridgehead atoms. The molecule has 15 aromatic heterocycles. The summed E-state index contributed by atoms with van der Waals surface area (Å²) in [4.78, 5) is 146. The number of thiophene rings is 6. The minimum atomic E-state index is -0.233. The first kappa shape index (κ1) is 104. The van der Waals surface area contributed by atoms with Gasteiger partial charge < -0.3 is 80.8 Å². The number of hydrogen-bond acceptors (Lipinski definition) is 39. The number of nitrogens with zero attached hydrogens (tertiary/aromatic N) is 15. The molecule has 19 N–H and O–H groups in total. The molecule has 3 aromatic carbocycles. The van der Waals surface area contributed by atoms with Gasteiger partial charge in [0.2, 0.25) is 23.8 Å². The van der Waals surface area contributed by atoms with Crippen molar-refractivity contribution in [1.82, 2.24) is 90.7 Å². The van der Waals surface area contributed by atoms with Crippen molar-refractivity contribution in [2.24, 2.45) is 11.8 Å². The van der Waals surface area contributed by atoms with E-state index in [0.717, 1.165) is 103 Å². The van der Waals surface area contributed by atoms with Crippen LogP contribution in [0.4, 0.5) is 52.2 Å². The molecule has 3 amide bonds. The van der Waals surface area contributed by atoms with Gasteiger partial charge >= 0.3 is 0 Å². The van der Waals surface area contributed by atoms with E-state index in [1.165, 1.54) is 94.4 Å². The number of ketones is 3. The van der Waals surface area contributed by atoms with Crippen molar-refractivity contribution in [1.29, 1.82) is 0 Å². The summed E-state index contributed by atoms with van der Waals surface area (Å²) in [6, 6.07) is 30.5. The van der Waals surface area contributed by atoms with E-state index in [0.29, 0.717) is 208 Å². The summed E-state index contributed by atoms with van der Waals surface area (Å²) in [6.07, 6.45) is 16.7. The molecule has 1 aliphatic heterocycles. The van der Waals surface area contributed by atoms with E-state index >= 15 is 0 Å². The number of anilines is 9. The van der Waals surface area contributed by atoms with Gasteiger partial charge in [-0.2, -0.15) is 0 Å². The number of benzene rings is 3. The normalized spacial score (nSPS) is 12.7. The number of fused-ring (bicyclic) bond motifs is 7. The molecule has 2 fully saturated rings. The fourth-order valence-electron chi connectivity index (χ4n) is 15.2. The van der Waals surface area contributed by atoms with Gasteiger partial charge in [0.1, 0.15) is 56.1 Å². The number of nitrogen functional groups attached to an aromatic ring is 5.